The Morgan fingerprint density at radius 1 is 1.20 bits per heavy atom. The van der Waals surface area contributed by atoms with Gasteiger partial charge in [-0.3, -0.25) is 24.7 Å². The molecule has 0 aromatic heterocycles. The number of nitrogens with zero attached hydrogens (tertiary/aromatic N) is 1. The molecule has 0 bridgehead atoms. The fourth-order valence-corrected chi connectivity index (χ4v) is 3.47. The highest BCUT2D eigenvalue weighted by atomic mass is 35.5. The van der Waals surface area contributed by atoms with Crippen LogP contribution in [-0.4, -0.2) is 44.3 Å². The molecule has 5 N–H and O–H groups in total. The Hall–Kier alpha value is -3.43. The van der Waals surface area contributed by atoms with Gasteiger partial charge in [-0.25, -0.2) is 0 Å². The fraction of sp³-hybridized carbons (Fsp3) is 0.200. The summed E-state index contributed by atoms with van der Waals surface area (Å²) in [5.74, 6) is -1.49. The van der Waals surface area contributed by atoms with Gasteiger partial charge in [0, 0.05) is 7.05 Å². The van der Waals surface area contributed by atoms with Crippen LogP contribution in [0.5, 0.6) is 5.75 Å². The molecule has 3 rings (SSSR count). The minimum Gasteiger partial charge on any atom is -0.495 e. The van der Waals surface area contributed by atoms with Gasteiger partial charge in [-0.05, 0) is 29.8 Å². The number of nitrogens with one attached hydrogen (secondary N) is 3. The van der Waals surface area contributed by atoms with Crippen molar-refractivity contribution in [2.24, 2.45) is 10.7 Å². The van der Waals surface area contributed by atoms with Gasteiger partial charge < -0.3 is 21.1 Å². The topological polar surface area (TPSA) is 135 Å². The van der Waals surface area contributed by atoms with E-state index >= 15 is 0 Å². The second-order valence-corrected chi connectivity index (χ2v) is 6.79. The molecule has 2 aromatic carbocycles. The molecule has 9 nitrogen and oxygen atoms in total. The molecule has 30 heavy (non-hydrogen) atoms. The zero-order valence-electron chi connectivity index (χ0n) is 16.3. The minimum atomic E-state index is -1.63. The van der Waals surface area contributed by atoms with Crippen molar-refractivity contribution < 1.29 is 19.1 Å². The van der Waals surface area contributed by atoms with E-state index in [0.29, 0.717) is 21.8 Å². The maximum Gasteiger partial charge on any atom is 0.267 e. The van der Waals surface area contributed by atoms with E-state index in [-0.39, 0.29) is 18.1 Å². The van der Waals surface area contributed by atoms with Gasteiger partial charge in [-0.15, -0.1) is 0 Å². The van der Waals surface area contributed by atoms with Crippen LogP contribution >= 0.6 is 11.6 Å². The molecule has 156 valence electrons. The van der Waals surface area contributed by atoms with E-state index in [2.05, 4.69) is 20.9 Å². The summed E-state index contributed by atoms with van der Waals surface area (Å²) >= 11 is 6.08. The summed E-state index contributed by atoms with van der Waals surface area (Å²) in [7, 11) is 2.85. The summed E-state index contributed by atoms with van der Waals surface area (Å²) < 4.78 is 5.39. The first-order valence-corrected chi connectivity index (χ1v) is 9.29. The van der Waals surface area contributed by atoms with E-state index in [0.717, 1.165) is 0 Å². The first kappa shape index (κ1) is 21.3. The van der Waals surface area contributed by atoms with E-state index in [4.69, 9.17) is 22.1 Å². The van der Waals surface area contributed by atoms with Gasteiger partial charge in [0.15, 0.2) is 5.54 Å². The van der Waals surface area contributed by atoms with Gasteiger partial charge >= 0.3 is 0 Å². The monoisotopic (exact) mass is 429 g/mol. The maximum absolute atomic E-state index is 12.6. The first-order chi connectivity index (χ1) is 14.3. The summed E-state index contributed by atoms with van der Waals surface area (Å²) in [5.41, 5.74) is 4.98. The quantitative estimate of drug-likeness (QED) is 0.544. The van der Waals surface area contributed by atoms with E-state index in [1.807, 2.05) is 0 Å². The lowest BCUT2D eigenvalue weighted by Gasteiger charge is -2.28. The Bertz CT molecular complexity index is 1060. The normalized spacial score (nSPS) is 17.8. The Labute approximate surface area is 177 Å². The zero-order valence-corrected chi connectivity index (χ0v) is 17.0. The van der Waals surface area contributed by atoms with Crippen molar-refractivity contribution in [2.75, 3.05) is 26.1 Å². The van der Waals surface area contributed by atoms with Crippen LogP contribution in [0.25, 0.3) is 0 Å². The molecule has 2 aromatic rings. The lowest BCUT2D eigenvalue weighted by Crippen LogP contribution is -2.58. The Morgan fingerprint density at radius 3 is 2.57 bits per heavy atom. The van der Waals surface area contributed by atoms with E-state index in [9.17, 15) is 14.4 Å². The van der Waals surface area contributed by atoms with Crippen molar-refractivity contribution >= 4 is 40.7 Å². The number of carbonyl (C=O) groups is 3. The second-order valence-electron chi connectivity index (χ2n) is 6.38. The number of anilines is 1. The number of halogens is 1. The molecule has 1 heterocycles. The maximum atomic E-state index is 12.6. The van der Waals surface area contributed by atoms with E-state index in [1.165, 1.54) is 20.2 Å². The third-order valence-corrected chi connectivity index (χ3v) is 5.08. The largest absolute Gasteiger partial charge is 0.495 e. The van der Waals surface area contributed by atoms with E-state index in [1.54, 1.807) is 36.4 Å². The van der Waals surface area contributed by atoms with Gasteiger partial charge in [0.1, 0.15) is 11.5 Å². The second kappa shape index (κ2) is 8.52. The third kappa shape index (κ3) is 3.60. The highest BCUT2D eigenvalue weighted by molar-refractivity contribution is 6.47. The highest BCUT2D eigenvalue weighted by Crippen LogP contribution is 2.34. The molecule has 0 aliphatic carbocycles. The van der Waals surface area contributed by atoms with Crippen molar-refractivity contribution in [3.05, 3.63) is 58.6 Å². The van der Waals surface area contributed by atoms with Crippen molar-refractivity contribution in [2.45, 2.75) is 5.54 Å². The number of aliphatic imine (C=N–C) groups is 1. The number of carbonyl (C=O) groups excluding carboxylic acids is 3. The fourth-order valence-electron chi connectivity index (χ4n) is 3.25. The summed E-state index contributed by atoms with van der Waals surface area (Å²) in [6.45, 7) is 0.0407. The molecule has 0 saturated heterocycles. The molecule has 1 aliphatic heterocycles. The minimum absolute atomic E-state index is 0.0407. The average molecular weight is 430 g/mol. The summed E-state index contributed by atoms with van der Waals surface area (Å²) in [6.07, 6.45) is 0. The number of benzene rings is 2. The SMILES string of the molecule is CNC(=O)C1=NCNC1(C(N)=O)c1ccc(NC(=O)c2ccccc2Cl)c(OC)c1. The van der Waals surface area contributed by atoms with Gasteiger partial charge in [-0.2, -0.15) is 0 Å². The molecule has 0 radical (unpaired) electrons. The number of primary amides is 1. The standard InChI is InChI=1S/C20H20ClN5O4/c1-23-18(28)16-20(19(22)29,25-10-24-16)11-7-8-14(15(9-11)30-2)26-17(27)12-5-3-4-6-13(12)21/h3-9,25H,10H2,1-2H3,(H2,22,29)(H,23,28)(H,26,27). The molecule has 0 spiro atoms. The van der Waals surface area contributed by atoms with Gasteiger partial charge in [0.25, 0.3) is 11.8 Å². The lowest BCUT2D eigenvalue weighted by atomic mass is 9.84. The van der Waals surface area contributed by atoms with Crippen LogP contribution in [0.4, 0.5) is 5.69 Å². The van der Waals surface area contributed by atoms with Crippen LogP contribution in [0.3, 0.4) is 0 Å². The molecular formula is C20H20ClN5O4. The third-order valence-electron chi connectivity index (χ3n) is 4.75. The van der Waals surface area contributed by atoms with Crippen molar-refractivity contribution in [3.63, 3.8) is 0 Å². The van der Waals surface area contributed by atoms with Crippen LogP contribution in [-0.2, 0) is 15.1 Å². The molecule has 10 heteroatoms. The molecule has 1 unspecified atom stereocenters. The first-order valence-electron chi connectivity index (χ1n) is 8.91. The Morgan fingerprint density at radius 2 is 1.93 bits per heavy atom. The number of rotatable bonds is 6. The Balaban J connectivity index is 2.00. The molecular weight excluding hydrogens is 410 g/mol. The molecule has 0 fully saturated rings. The Kier molecular flexibility index (Phi) is 6.04. The summed E-state index contributed by atoms with van der Waals surface area (Å²) in [6, 6.07) is 11.3. The summed E-state index contributed by atoms with van der Waals surface area (Å²) in [4.78, 5) is 41.4. The number of ether oxygens (including phenoxy) is 1. The van der Waals surface area contributed by atoms with Crippen molar-refractivity contribution in [1.29, 1.82) is 0 Å². The number of nitrogens with two attached hydrogens (primary N) is 1. The number of hydrogen-bond donors (Lipinski definition) is 4. The molecule has 0 saturated carbocycles. The highest BCUT2D eigenvalue weighted by Gasteiger charge is 2.49. The number of hydrogen-bond acceptors (Lipinski definition) is 6. The number of methoxy groups -OCH3 is 1. The molecule has 1 aliphatic rings. The average Bonchev–Trinajstić information content (AvgIpc) is 3.20. The van der Waals surface area contributed by atoms with Gasteiger partial charge in [-0.1, -0.05) is 29.8 Å². The van der Waals surface area contributed by atoms with Gasteiger partial charge in [0.05, 0.1) is 30.1 Å². The van der Waals surface area contributed by atoms with Crippen LogP contribution in [0.15, 0.2) is 47.5 Å². The smallest absolute Gasteiger partial charge is 0.267 e. The van der Waals surface area contributed by atoms with Crippen LogP contribution in [0.1, 0.15) is 15.9 Å². The number of amides is 3. The predicted molar refractivity (Wildman–Crippen MR) is 113 cm³/mol. The summed E-state index contributed by atoms with van der Waals surface area (Å²) in [5, 5.41) is 8.39. The van der Waals surface area contributed by atoms with Crippen LogP contribution < -0.4 is 26.4 Å². The van der Waals surface area contributed by atoms with Gasteiger partial charge in [0.2, 0.25) is 5.91 Å². The molecule has 1 atom stereocenters. The van der Waals surface area contributed by atoms with E-state index < -0.39 is 23.3 Å². The van der Waals surface area contributed by atoms with Crippen molar-refractivity contribution in [1.82, 2.24) is 10.6 Å². The van der Waals surface area contributed by atoms with Crippen molar-refractivity contribution in [3.8, 4) is 5.75 Å². The lowest BCUT2D eigenvalue weighted by molar-refractivity contribution is -0.123. The predicted octanol–water partition coefficient (Wildman–Crippen LogP) is 1.03. The molecule has 3 amide bonds. The van der Waals surface area contributed by atoms with Crippen LogP contribution in [0, 0.1) is 0 Å². The van der Waals surface area contributed by atoms with Crippen LogP contribution in [0.2, 0.25) is 5.02 Å². The zero-order chi connectivity index (χ0) is 21.9.